The van der Waals surface area contributed by atoms with E-state index in [4.69, 9.17) is 5.73 Å². The van der Waals surface area contributed by atoms with Gasteiger partial charge in [0, 0.05) is 25.0 Å². The lowest BCUT2D eigenvalue weighted by Crippen LogP contribution is -2.36. The smallest absolute Gasteiger partial charge is 0.224 e. The van der Waals surface area contributed by atoms with Crippen molar-refractivity contribution in [2.45, 2.75) is 44.2 Å². The van der Waals surface area contributed by atoms with Gasteiger partial charge in [-0.05, 0) is 12.8 Å². The largest absolute Gasteiger partial charge is 0.338 e. The predicted octanol–water partition coefficient (Wildman–Crippen LogP) is 0.489. The number of hydrogen-bond donors (Lipinski definition) is 1. The molecule has 0 aromatic heterocycles. The second-order valence-electron chi connectivity index (χ2n) is 3.95. The number of nitrogens with two attached hydrogens (primary N) is 1. The summed E-state index contributed by atoms with van der Waals surface area (Å²) in [4.78, 5) is 13.4. The van der Waals surface area contributed by atoms with Crippen LogP contribution in [0, 0.1) is 0 Å². The third-order valence-corrected chi connectivity index (χ3v) is 2.95. The maximum atomic E-state index is 11.4. The average Bonchev–Trinajstić information content (AvgIpc) is 2.58. The first kappa shape index (κ1) is 8.05. The standard InChI is InChI=1S/C9H16N2O/c10-7-5-9(12)11(6-7)8-3-1-2-4-8/h7-8H,1-6,10H2/t7-/m1/s1. The molecule has 0 radical (unpaired) electrons. The second kappa shape index (κ2) is 3.05. The number of nitrogens with zero attached hydrogens (tertiary/aromatic N) is 1. The molecule has 1 saturated heterocycles. The van der Waals surface area contributed by atoms with E-state index in [1.807, 2.05) is 4.90 Å². The summed E-state index contributed by atoms with van der Waals surface area (Å²) in [6.45, 7) is 0.795. The van der Waals surface area contributed by atoms with Crippen molar-refractivity contribution in [2.24, 2.45) is 5.73 Å². The minimum Gasteiger partial charge on any atom is -0.338 e. The first-order chi connectivity index (χ1) is 5.77. The quantitative estimate of drug-likeness (QED) is 0.619. The third kappa shape index (κ3) is 1.33. The fourth-order valence-electron chi connectivity index (χ4n) is 2.33. The van der Waals surface area contributed by atoms with Gasteiger partial charge in [-0.1, -0.05) is 12.8 Å². The first-order valence-electron chi connectivity index (χ1n) is 4.82. The Kier molecular flexibility index (Phi) is 2.05. The highest BCUT2D eigenvalue weighted by Crippen LogP contribution is 2.26. The molecular weight excluding hydrogens is 152 g/mol. The SMILES string of the molecule is N[C@@H]1CC(=O)N(C2CCCC2)C1. The van der Waals surface area contributed by atoms with E-state index in [0.29, 0.717) is 12.5 Å². The number of carbonyl (C=O) groups excluding carboxylic acids is 1. The molecule has 3 nitrogen and oxygen atoms in total. The van der Waals surface area contributed by atoms with Crippen molar-refractivity contribution in [1.29, 1.82) is 0 Å². The molecule has 0 spiro atoms. The van der Waals surface area contributed by atoms with Gasteiger partial charge in [-0.2, -0.15) is 0 Å². The van der Waals surface area contributed by atoms with Crippen molar-refractivity contribution < 1.29 is 4.79 Å². The Bertz CT molecular complexity index is 187. The topological polar surface area (TPSA) is 46.3 Å². The van der Waals surface area contributed by atoms with Gasteiger partial charge in [-0.25, -0.2) is 0 Å². The van der Waals surface area contributed by atoms with Crippen molar-refractivity contribution >= 4 is 5.91 Å². The molecule has 3 heteroatoms. The minimum absolute atomic E-state index is 0.0955. The molecule has 0 aromatic carbocycles. The molecule has 2 rings (SSSR count). The molecule has 2 aliphatic rings. The van der Waals surface area contributed by atoms with E-state index in [1.165, 1.54) is 25.7 Å². The van der Waals surface area contributed by atoms with Gasteiger partial charge in [0.25, 0.3) is 0 Å². The van der Waals surface area contributed by atoms with Crippen molar-refractivity contribution in [3.8, 4) is 0 Å². The molecule has 0 aromatic rings. The van der Waals surface area contributed by atoms with Crippen LogP contribution in [0.2, 0.25) is 0 Å². The van der Waals surface area contributed by atoms with E-state index >= 15 is 0 Å². The molecule has 12 heavy (non-hydrogen) atoms. The van der Waals surface area contributed by atoms with Crippen molar-refractivity contribution in [3.63, 3.8) is 0 Å². The van der Waals surface area contributed by atoms with Gasteiger partial charge in [0.15, 0.2) is 0 Å². The van der Waals surface area contributed by atoms with E-state index in [9.17, 15) is 4.79 Å². The summed E-state index contributed by atoms with van der Waals surface area (Å²) >= 11 is 0. The normalized spacial score (nSPS) is 31.9. The molecule has 1 heterocycles. The molecule has 0 unspecified atom stereocenters. The molecule has 1 aliphatic carbocycles. The van der Waals surface area contributed by atoms with Crippen LogP contribution in [0.1, 0.15) is 32.1 Å². The lowest BCUT2D eigenvalue weighted by molar-refractivity contribution is -0.129. The van der Waals surface area contributed by atoms with Crippen LogP contribution in [-0.4, -0.2) is 29.4 Å². The van der Waals surface area contributed by atoms with Gasteiger partial charge in [0.05, 0.1) is 0 Å². The summed E-state index contributed by atoms with van der Waals surface area (Å²) in [5.41, 5.74) is 5.72. The summed E-state index contributed by atoms with van der Waals surface area (Å²) in [6, 6.07) is 0.615. The molecule has 1 amide bonds. The maximum Gasteiger partial charge on any atom is 0.224 e. The lowest BCUT2D eigenvalue weighted by atomic mass is 10.2. The Morgan fingerprint density at radius 2 is 2.00 bits per heavy atom. The van der Waals surface area contributed by atoms with Crippen LogP contribution in [0.15, 0.2) is 0 Å². The molecular formula is C9H16N2O. The highest BCUT2D eigenvalue weighted by molar-refractivity contribution is 5.79. The van der Waals surface area contributed by atoms with Crippen LogP contribution in [0.4, 0.5) is 0 Å². The zero-order valence-corrected chi connectivity index (χ0v) is 7.33. The Morgan fingerprint density at radius 1 is 1.33 bits per heavy atom. The highest BCUT2D eigenvalue weighted by Gasteiger charge is 2.33. The zero-order chi connectivity index (χ0) is 8.55. The van der Waals surface area contributed by atoms with Gasteiger partial charge >= 0.3 is 0 Å². The number of rotatable bonds is 1. The monoisotopic (exact) mass is 168 g/mol. The molecule has 2 fully saturated rings. The van der Waals surface area contributed by atoms with Crippen LogP contribution >= 0.6 is 0 Å². The minimum atomic E-state index is 0.0955. The van der Waals surface area contributed by atoms with Gasteiger partial charge in [-0.15, -0.1) is 0 Å². The Hall–Kier alpha value is -0.570. The fourth-order valence-corrected chi connectivity index (χ4v) is 2.33. The summed E-state index contributed by atoms with van der Waals surface area (Å²) in [5.74, 6) is 0.273. The molecule has 1 aliphatic heterocycles. The Balaban J connectivity index is 1.98. The van der Waals surface area contributed by atoms with Gasteiger partial charge < -0.3 is 10.6 Å². The molecule has 1 atom stereocenters. The molecule has 0 bridgehead atoms. The van der Waals surface area contributed by atoms with Gasteiger partial charge in [-0.3, -0.25) is 4.79 Å². The van der Waals surface area contributed by atoms with Crippen molar-refractivity contribution in [2.75, 3.05) is 6.54 Å². The van der Waals surface area contributed by atoms with E-state index in [2.05, 4.69) is 0 Å². The summed E-state index contributed by atoms with van der Waals surface area (Å²) in [6.07, 6.45) is 5.51. The summed E-state index contributed by atoms with van der Waals surface area (Å²) in [5, 5.41) is 0. The van der Waals surface area contributed by atoms with Crippen molar-refractivity contribution in [1.82, 2.24) is 4.90 Å². The van der Waals surface area contributed by atoms with E-state index in [-0.39, 0.29) is 11.9 Å². The predicted molar refractivity (Wildman–Crippen MR) is 46.6 cm³/mol. The second-order valence-corrected chi connectivity index (χ2v) is 3.95. The van der Waals surface area contributed by atoms with E-state index in [0.717, 1.165) is 6.54 Å². The highest BCUT2D eigenvalue weighted by atomic mass is 16.2. The van der Waals surface area contributed by atoms with Crippen LogP contribution in [-0.2, 0) is 4.79 Å². The van der Waals surface area contributed by atoms with Crippen LogP contribution in [0.3, 0.4) is 0 Å². The Morgan fingerprint density at radius 3 is 2.50 bits per heavy atom. The van der Waals surface area contributed by atoms with E-state index < -0.39 is 0 Å². The number of likely N-dealkylation sites (tertiary alicyclic amines) is 1. The maximum absolute atomic E-state index is 11.4. The number of carbonyl (C=O) groups is 1. The van der Waals surface area contributed by atoms with Crippen molar-refractivity contribution in [3.05, 3.63) is 0 Å². The van der Waals surface area contributed by atoms with Crippen LogP contribution in [0.5, 0.6) is 0 Å². The average molecular weight is 168 g/mol. The number of hydrogen-bond acceptors (Lipinski definition) is 2. The summed E-state index contributed by atoms with van der Waals surface area (Å²) < 4.78 is 0. The first-order valence-corrected chi connectivity index (χ1v) is 4.82. The third-order valence-electron chi connectivity index (χ3n) is 2.95. The van der Waals surface area contributed by atoms with Gasteiger partial charge in [0.2, 0.25) is 5.91 Å². The summed E-state index contributed by atoms with van der Waals surface area (Å²) in [7, 11) is 0. The Labute approximate surface area is 72.9 Å². The molecule has 2 N–H and O–H groups in total. The lowest BCUT2D eigenvalue weighted by Gasteiger charge is -2.23. The fraction of sp³-hybridized carbons (Fsp3) is 0.889. The zero-order valence-electron chi connectivity index (χ0n) is 7.33. The van der Waals surface area contributed by atoms with Crippen LogP contribution < -0.4 is 5.73 Å². The number of amides is 1. The van der Waals surface area contributed by atoms with Crippen LogP contribution in [0.25, 0.3) is 0 Å². The van der Waals surface area contributed by atoms with E-state index in [1.54, 1.807) is 0 Å². The molecule has 68 valence electrons. The van der Waals surface area contributed by atoms with Gasteiger partial charge in [0.1, 0.15) is 0 Å². The molecule has 1 saturated carbocycles.